The fraction of sp³-hybridized carbons (Fsp3) is 0.733. The van der Waals surface area contributed by atoms with Crippen molar-refractivity contribution in [3.05, 3.63) is 24.8 Å². The number of rotatable bonds is 12. The van der Waals surface area contributed by atoms with E-state index in [9.17, 15) is 0 Å². The van der Waals surface area contributed by atoms with Crippen molar-refractivity contribution in [2.45, 2.75) is 39.2 Å². The molecule has 0 amide bonds. The molecule has 0 aromatic heterocycles. The molecular formula is C15H28O3. The normalized spacial score (nSPS) is 14.2. The predicted molar refractivity (Wildman–Crippen MR) is 75.6 cm³/mol. The van der Waals surface area contributed by atoms with E-state index < -0.39 is 0 Å². The fourth-order valence-electron chi connectivity index (χ4n) is 1.80. The van der Waals surface area contributed by atoms with Gasteiger partial charge >= 0.3 is 0 Å². The van der Waals surface area contributed by atoms with E-state index in [2.05, 4.69) is 20.1 Å². The van der Waals surface area contributed by atoms with Gasteiger partial charge in [0.15, 0.2) is 0 Å². The molecule has 18 heavy (non-hydrogen) atoms. The van der Waals surface area contributed by atoms with Crippen LogP contribution in [-0.4, -0.2) is 33.2 Å². The SMILES string of the molecule is C=CCOC(CC(=C)C)C[C@@H](C)CCOCOC. The standard InChI is InChI=1S/C15H28O3/c1-6-8-18-15(10-13(2)3)11-14(4)7-9-17-12-16-5/h6,14-15H,1-2,7-12H2,3-5H3/t14-,15?/m0/s1. The summed E-state index contributed by atoms with van der Waals surface area (Å²) >= 11 is 0. The van der Waals surface area contributed by atoms with Crippen LogP contribution in [0.5, 0.6) is 0 Å². The molecule has 3 heteroatoms. The maximum Gasteiger partial charge on any atom is 0.146 e. The molecule has 0 aliphatic rings. The fourth-order valence-corrected chi connectivity index (χ4v) is 1.80. The molecule has 0 rings (SSSR count). The second-order valence-electron chi connectivity index (χ2n) is 4.85. The Labute approximate surface area is 112 Å². The topological polar surface area (TPSA) is 27.7 Å². The zero-order valence-electron chi connectivity index (χ0n) is 12.1. The quantitative estimate of drug-likeness (QED) is 0.303. The van der Waals surface area contributed by atoms with Crippen LogP contribution in [0, 0.1) is 5.92 Å². The maximum atomic E-state index is 5.76. The highest BCUT2D eigenvalue weighted by molar-refractivity contribution is 4.91. The second-order valence-corrected chi connectivity index (χ2v) is 4.85. The van der Waals surface area contributed by atoms with E-state index in [-0.39, 0.29) is 6.10 Å². The summed E-state index contributed by atoms with van der Waals surface area (Å²) in [6.45, 7) is 13.6. The van der Waals surface area contributed by atoms with E-state index in [1.807, 2.05) is 6.92 Å². The van der Waals surface area contributed by atoms with Gasteiger partial charge in [-0.2, -0.15) is 0 Å². The molecule has 0 radical (unpaired) electrons. The molecule has 1 unspecified atom stereocenters. The average molecular weight is 256 g/mol. The summed E-state index contributed by atoms with van der Waals surface area (Å²) in [5.41, 5.74) is 1.16. The van der Waals surface area contributed by atoms with E-state index in [1.165, 1.54) is 0 Å². The monoisotopic (exact) mass is 256 g/mol. The highest BCUT2D eigenvalue weighted by atomic mass is 16.7. The first-order valence-electron chi connectivity index (χ1n) is 6.53. The number of methoxy groups -OCH3 is 1. The molecule has 106 valence electrons. The van der Waals surface area contributed by atoms with Gasteiger partial charge in [-0.05, 0) is 32.1 Å². The molecule has 0 heterocycles. The van der Waals surface area contributed by atoms with Gasteiger partial charge in [-0.15, -0.1) is 13.2 Å². The Morgan fingerprint density at radius 1 is 1.39 bits per heavy atom. The van der Waals surface area contributed by atoms with Gasteiger partial charge in [0.2, 0.25) is 0 Å². The largest absolute Gasteiger partial charge is 0.374 e. The first-order valence-corrected chi connectivity index (χ1v) is 6.53. The highest BCUT2D eigenvalue weighted by Gasteiger charge is 2.13. The molecule has 0 saturated heterocycles. The minimum absolute atomic E-state index is 0.234. The minimum atomic E-state index is 0.234. The van der Waals surface area contributed by atoms with Crippen LogP contribution >= 0.6 is 0 Å². The van der Waals surface area contributed by atoms with Crippen LogP contribution in [0.25, 0.3) is 0 Å². The van der Waals surface area contributed by atoms with Crippen LogP contribution < -0.4 is 0 Å². The van der Waals surface area contributed by atoms with E-state index in [0.29, 0.717) is 19.3 Å². The van der Waals surface area contributed by atoms with E-state index >= 15 is 0 Å². The highest BCUT2D eigenvalue weighted by Crippen LogP contribution is 2.18. The Morgan fingerprint density at radius 3 is 2.67 bits per heavy atom. The van der Waals surface area contributed by atoms with Crippen molar-refractivity contribution in [1.82, 2.24) is 0 Å². The molecule has 0 fully saturated rings. The Kier molecular flexibility index (Phi) is 11.0. The van der Waals surface area contributed by atoms with Crippen LogP contribution in [0.3, 0.4) is 0 Å². The van der Waals surface area contributed by atoms with Gasteiger partial charge in [0, 0.05) is 13.7 Å². The molecule has 0 aromatic carbocycles. The lowest BCUT2D eigenvalue weighted by Gasteiger charge is -2.21. The molecule has 2 atom stereocenters. The zero-order valence-corrected chi connectivity index (χ0v) is 12.1. The van der Waals surface area contributed by atoms with Crippen LogP contribution in [0.15, 0.2) is 24.8 Å². The molecule has 0 aliphatic heterocycles. The van der Waals surface area contributed by atoms with Gasteiger partial charge in [-0.3, -0.25) is 0 Å². The molecule has 3 nitrogen and oxygen atoms in total. The van der Waals surface area contributed by atoms with Gasteiger partial charge in [0.25, 0.3) is 0 Å². The Bertz CT molecular complexity index is 226. The van der Waals surface area contributed by atoms with Crippen molar-refractivity contribution in [2.75, 3.05) is 27.1 Å². The molecule has 0 spiro atoms. The second kappa shape index (κ2) is 11.5. The van der Waals surface area contributed by atoms with Crippen molar-refractivity contribution in [1.29, 1.82) is 0 Å². The summed E-state index contributed by atoms with van der Waals surface area (Å²) in [4.78, 5) is 0. The lowest BCUT2D eigenvalue weighted by molar-refractivity contribution is -0.0360. The van der Waals surface area contributed by atoms with Crippen LogP contribution in [0.2, 0.25) is 0 Å². The van der Waals surface area contributed by atoms with Gasteiger partial charge in [-0.1, -0.05) is 18.6 Å². The molecule has 0 aliphatic carbocycles. The van der Waals surface area contributed by atoms with Crippen LogP contribution in [0.1, 0.15) is 33.1 Å². The number of hydrogen-bond donors (Lipinski definition) is 0. The third-order valence-corrected chi connectivity index (χ3v) is 2.65. The zero-order chi connectivity index (χ0) is 13.8. The minimum Gasteiger partial charge on any atom is -0.374 e. The summed E-state index contributed by atoms with van der Waals surface area (Å²) in [6.07, 6.45) is 4.98. The van der Waals surface area contributed by atoms with E-state index in [4.69, 9.17) is 14.2 Å². The van der Waals surface area contributed by atoms with Gasteiger partial charge in [0.1, 0.15) is 6.79 Å². The van der Waals surface area contributed by atoms with Crippen molar-refractivity contribution in [3.63, 3.8) is 0 Å². The lowest BCUT2D eigenvalue weighted by atomic mass is 9.97. The number of hydrogen-bond acceptors (Lipinski definition) is 3. The van der Waals surface area contributed by atoms with Gasteiger partial charge in [0.05, 0.1) is 12.7 Å². The van der Waals surface area contributed by atoms with E-state index in [0.717, 1.165) is 31.4 Å². The molecule has 0 saturated carbocycles. The maximum absolute atomic E-state index is 5.76. The Balaban J connectivity index is 3.88. The molecular weight excluding hydrogens is 228 g/mol. The van der Waals surface area contributed by atoms with Gasteiger partial charge < -0.3 is 14.2 Å². The first-order chi connectivity index (χ1) is 8.60. The average Bonchev–Trinajstić information content (AvgIpc) is 2.31. The Morgan fingerprint density at radius 2 is 2.11 bits per heavy atom. The lowest BCUT2D eigenvalue weighted by Crippen LogP contribution is -2.18. The summed E-state index contributed by atoms with van der Waals surface area (Å²) in [5, 5.41) is 0. The summed E-state index contributed by atoms with van der Waals surface area (Å²) in [6, 6.07) is 0. The first kappa shape index (κ1) is 17.4. The summed E-state index contributed by atoms with van der Waals surface area (Å²) < 4.78 is 15.9. The van der Waals surface area contributed by atoms with Crippen LogP contribution in [-0.2, 0) is 14.2 Å². The molecule has 0 bridgehead atoms. The van der Waals surface area contributed by atoms with Crippen molar-refractivity contribution >= 4 is 0 Å². The Hall–Kier alpha value is -0.640. The van der Waals surface area contributed by atoms with Gasteiger partial charge in [-0.25, -0.2) is 0 Å². The van der Waals surface area contributed by atoms with Crippen LogP contribution in [0.4, 0.5) is 0 Å². The van der Waals surface area contributed by atoms with Crippen molar-refractivity contribution in [3.8, 4) is 0 Å². The molecule has 0 aromatic rings. The summed E-state index contributed by atoms with van der Waals surface area (Å²) in [5.74, 6) is 0.566. The predicted octanol–water partition coefficient (Wildman–Crippen LogP) is 3.56. The summed E-state index contributed by atoms with van der Waals surface area (Å²) in [7, 11) is 1.63. The third-order valence-electron chi connectivity index (χ3n) is 2.65. The smallest absolute Gasteiger partial charge is 0.146 e. The van der Waals surface area contributed by atoms with Crippen molar-refractivity contribution in [2.24, 2.45) is 5.92 Å². The number of ether oxygens (including phenoxy) is 3. The van der Waals surface area contributed by atoms with Crippen molar-refractivity contribution < 1.29 is 14.2 Å². The van der Waals surface area contributed by atoms with E-state index in [1.54, 1.807) is 13.2 Å². The third kappa shape index (κ3) is 10.5. The molecule has 0 N–H and O–H groups in total.